The van der Waals surface area contributed by atoms with E-state index in [0.717, 1.165) is 30.4 Å². The van der Waals surface area contributed by atoms with Crippen molar-refractivity contribution < 1.29 is 33.3 Å². The maximum atomic E-state index is 12.1. The number of benzene rings is 1. The third-order valence-corrected chi connectivity index (χ3v) is 5.91. The van der Waals surface area contributed by atoms with Gasteiger partial charge < -0.3 is 23.7 Å². The summed E-state index contributed by atoms with van der Waals surface area (Å²) in [5.74, 6) is -1.10. The van der Waals surface area contributed by atoms with Gasteiger partial charge in [-0.2, -0.15) is 0 Å². The second kappa shape index (κ2) is 12.0. The topological polar surface area (TPSA) is 80.3 Å². The fourth-order valence-corrected chi connectivity index (χ4v) is 4.26. The first-order valence-corrected chi connectivity index (χ1v) is 10.8. The van der Waals surface area contributed by atoms with Crippen LogP contribution in [0.4, 0.5) is 0 Å². The molecule has 2 fully saturated rings. The van der Waals surface area contributed by atoms with Crippen molar-refractivity contribution in [2.45, 2.75) is 51.1 Å². The summed E-state index contributed by atoms with van der Waals surface area (Å²) < 4.78 is 27.8. The van der Waals surface area contributed by atoms with Crippen LogP contribution >= 0.6 is 0 Å². The molecule has 0 amide bonds. The van der Waals surface area contributed by atoms with E-state index in [-0.39, 0.29) is 36.6 Å². The van der Waals surface area contributed by atoms with Gasteiger partial charge in [-0.3, -0.25) is 4.79 Å². The molecule has 31 heavy (non-hydrogen) atoms. The van der Waals surface area contributed by atoms with Gasteiger partial charge in [-0.15, -0.1) is 0 Å². The molecule has 7 nitrogen and oxygen atoms in total. The Bertz CT molecular complexity index is 740. The van der Waals surface area contributed by atoms with E-state index < -0.39 is 5.97 Å². The minimum Gasteiger partial charge on any atom is -0.469 e. The van der Waals surface area contributed by atoms with Gasteiger partial charge in [0.25, 0.3) is 0 Å². The summed E-state index contributed by atoms with van der Waals surface area (Å²) in [4.78, 5) is 24.1. The van der Waals surface area contributed by atoms with Crippen molar-refractivity contribution in [1.29, 1.82) is 0 Å². The molecule has 1 aromatic rings. The van der Waals surface area contributed by atoms with Gasteiger partial charge in [-0.25, -0.2) is 4.79 Å². The largest absolute Gasteiger partial charge is 0.469 e. The molecule has 170 valence electrons. The van der Waals surface area contributed by atoms with E-state index in [1.54, 1.807) is 0 Å². The average molecular weight is 433 g/mol. The van der Waals surface area contributed by atoms with E-state index in [0.29, 0.717) is 26.2 Å². The van der Waals surface area contributed by atoms with E-state index in [4.69, 9.17) is 23.7 Å². The number of methoxy groups -OCH3 is 2. The van der Waals surface area contributed by atoms with Crippen LogP contribution in [0.3, 0.4) is 0 Å². The van der Waals surface area contributed by atoms with Crippen molar-refractivity contribution in [2.75, 3.05) is 27.4 Å². The molecule has 0 bridgehead atoms. The molecule has 2 unspecified atom stereocenters. The van der Waals surface area contributed by atoms with Crippen LogP contribution in [0.15, 0.2) is 42.0 Å². The Kier molecular flexibility index (Phi) is 9.06. The minimum atomic E-state index is -0.441. The highest BCUT2D eigenvalue weighted by Gasteiger charge is 2.43. The van der Waals surface area contributed by atoms with Gasteiger partial charge in [0, 0.05) is 18.6 Å². The zero-order valence-corrected chi connectivity index (χ0v) is 18.3. The molecular weight excluding hydrogens is 400 g/mol. The van der Waals surface area contributed by atoms with E-state index in [1.807, 2.05) is 30.3 Å². The molecule has 0 radical (unpaired) electrons. The maximum Gasteiger partial charge on any atom is 0.330 e. The fraction of sp³-hybridized carbons (Fsp3) is 0.583. The third-order valence-electron chi connectivity index (χ3n) is 5.91. The first kappa shape index (κ1) is 23.4. The lowest BCUT2D eigenvalue weighted by Gasteiger charge is -2.30. The molecule has 1 aliphatic heterocycles. The summed E-state index contributed by atoms with van der Waals surface area (Å²) in [7, 11) is 2.71. The van der Waals surface area contributed by atoms with Gasteiger partial charge in [0.05, 0.1) is 40.0 Å². The summed E-state index contributed by atoms with van der Waals surface area (Å²) in [6.07, 6.45) is 4.60. The SMILES string of the molecule is COC(=O)C=C1C[C@@H](OC2CCCCO2)[C@H](COCc2ccccc2)C1CC(=O)OC. The Morgan fingerprint density at radius 3 is 2.61 bits per heavy atom. The normalized spacial score (nSPS) is 27.2. The molecule has 1 aromatic carbocycles. The summed E-state index contributed by atoms with van der Waals surface area (Å²) in [6.45, 7) is 1.54. The number of carbonyl (C=O) groups excluding carboxylic acids is 2. The molecule has 1 saturated carbocycles. The smallest absolute Gasteiger partial charge is 0.330 e. The van der Waals surface area contributed by atoms with Crippen molar-refractivity contribution in [3.05, 3.63) is 47.5 Å². The van der Waals surface area contributed by atoms with Crippen LogP contribution in [-0.2, 0) is 39.9 Å². The Morgan fingerprint density at radius 1 is 1.13 bits per heavy atom. The van der Waals surface area contributed by atoms with Gasteiger partial charge in [-0.05, 0) is 37.2 Å². The highest BCUT2D eigenvalue weighted by Crippen LogP contribution is 2.42. The lowest BCUT2D eigenvalue weighted by atomic mass is 9.89. The van der Waals surface area contributed by atoms with E-state index in [9.17, 15) is 9.59 Å². The molecule has 2 aliphatic rings. The van der Waals surface area contributed by atoms with Gasteiger partial charge in [0.1, 0.15) is 0 Å². The van der Waals surface area contributed by atoms with Crippen LogP contribution in [0.1, 0.15) is 37.7 Å². The van der Waals surface area contributed by atoms with Crippen molar-refractivity contribution in [3.63, 3.8) is 0 Å². The Labute approximate surface area is 183 Å². The summed E-state index contributed by atoms with van der Waals surface area (Å²) >= 11 is 0. The Hall–Kier alpha value is -2.22. The van der Waals surface area contributed by atoms with E-state index in [2.05, 4.69) is 0 Å². The molecule has 3 rings (SSSR count). The number of rotatable bonds is 9. The average Bonchev–Trinajstić information content (AvgIpc) is 3.10. The molecule has 0 aromatic heterocycles. The number of esters is 2. The number of carbonyl (C=O) groups is 2. The molecule has 1 heterocycles. The van der Waals surface area contributed by atoms with Crippen LogP contribution in [-0.4, -0.2) is 51.8 Å². The fourth-order valence-electron chi connectivity index (χ4n) is 4.26. The van der Waals surface area contributed by atoms with Crippen molar-refractivity contribution in [1.82, 2.24) is 0 Å². The highest BCUT2D eigenvalue weighted by molar-refractivity contribution is 5.83. The molecule has 1 aliphatic carbocycles. The monoisotopic (exact) mass is 432 g/mol. The van der Waals surface area contributed by atoms with Crippen molar-refractivity contribution in [3.8, 4) is 0 Å². The highest BCUT2D eigenvalue weighted by atomic mass is 16.7. The molecule has 4 atom stereocenters. The zero-order valence-electron chi connectivity index (χ0n) is 18.3. The lowest BCUT2D eigenvalue weighted by molar-refractivity contribution is -0.199. The lowest BCUT2D eigenvalue weighted by Crippen LogP contribution is -2.34. The van der Waals surface area contributed by atoms with Crippen LogP contribution in [0.25, 0.3) is 0 Å². The van der Waals surface area contributed by atoms with E-state index in [1.165, 1.54) is 20.3 Å². The van der Waals surface area contributed by atoms with Crippen LogP contribution < -0.4 is 0 Å². The number of hydrogen-bond acceptors (Lipinski definition) is 7. The minimum absolute atomic E-state index is 0.107. The van der Waals surface area contributed by atoms with Crippen molar-refractivity contribution in [2.24, 2.45) is 11.8 Å². The first-order chi connectivity index (χ1) is 15.1. The zero-order chi connectivity index (χ0) is 22.1. The number of hydrogen-bond donors (Lipinski definition) is 0. The van der Waals surface area contributed by atoms with Crippen molar-refractivity contribution >= 4 is 11.9 Å². The van der Waals surface area contributed by atoms with Crippen LogP contribution in [0, 0.1) is 11.8 Å². The van der Waals surface area contributed by atoms with Gasteiger partial charge in [0.15, 0.2) is 6.29 Å². The van der Waals surface area contributed by atoms with Crippen LogP contribution in [0.2, 0.25) is 0 Å². The second-order valence-corrected chi connectivity index (χ2v) is 7.97. The predicted octanol–water partition coefficient (Wildman–Crippen LogP) is 3.41. The summed E-state index contributed by atoms with van der Waals surface area (Å²) in [6, 6.07) is 9.92. The Balaban J connectivity index is 1.76. The number of ether oxygens (including phenoxy) is 5. The quantitative estimate of drug-likeness (QED) is 0.437. The van der Waals surface area contributed by atoms with Gasteiger partial charge in [0.2, 0.25) is 0 Å². The third kappa shape index (κ3) is 6.89. The first-order valence-electron chi connectivity index (χ1n) is 10.8. The Morgan fingerprint density at radius 2 is 1.94 bits per heavy atom. The standard InChI is InChI=1S/C24H32O7/c1-27-22(25)13-18-12-21(31-24-10-6-7-11-30-24)20(19(18)14-23(26)28-2)16-29-15-17-8-4-3-5-9-17/h3-5,8-9,13,19-21,24H,6-7,10-12,14-16H2,1-2H3/t19?,20-,21-,24?/m1/s1. The predicted molar refractivity (Wildman–Crippen MR) is 113 cm³/mol. The maximum absolute atomic E-state index is 12.1. The van der Waals surface area contributed by atoms with E-state index >= 15 is 0 Å². The summed E-state index contributed by atoms with van der Waals surface area (Å²) in [5, 5.41) is 0. The molecule has 0 spiro atoms. The molecule has 7 heteroatoms. The second-order valence-electron chi connectivity index (χ2n) is 7.97. The molecule has 1 saturated heterocycles. The molecular formula is C24H32O7. The molecule has 0 N–H and O–H groups in total. The van der Waals surface area contributed by atoms with Crippen LogP contribution in [0.5, 0.6) is 0 Å². The van der Waals surface area contributed by atoms with Gasteiger partial charge >= 0.3 is 11.9 Å². The van der Waals surface area contributed by atoms with Gasteiger partial charge in [-0.1, -0.05) is 35.9 Å². The summed E-state index contributed by atoms with van der Waals surface area (Å²) in [5.41, 5.74) is 1.90.